The Kier molecular flexibility index (Phi) is 6.54. The first-order valence-corrected chi connectivity index (χ1v) is 12.4. The minimum Gasteiger partial charge on any atom is -0.492 e. The van der Waals surface area contributed by atoms with E-state index >= 15 is 0 Å². The van der Waals surface area contributed by atoms with Crippen molar-refractivity contribution in [2.45, 2.75) is 38.8 Å². The Morgan fingerprint density at radius 1 is 0.970 bits per heavy atom. The van der Waals surface area contributed by atoms with Crippen LogP contribution in [0.25, 0.3) is 0 Å². The zero-order chi connectivity index (χ0) is 23.6. The molecule has 0 saturated heterocycles. The highest BCUT2D eigenvalue weighted by Gasteiger charge is 2.29. The van der Waals surface area contributed by atoms with E-state index in [1.54, 1.807) is 24.3 Å². The first kappa shape index (κ1) is 23.0. The SMILES string of the molecule is Cc1cc(C)c(S(=O)(=O)N2CCOc3ccc(C(=O)NCc4ccccc4)cc3C2)cc1C. The van der Waals surface area contributed by atoms with E-state index in [-0.39, 0.29) is 25.6 Å². The Labute approximate surface area is 195 Å². The monoisotopic (exact) mass is 464 g/mol. The van der Waals surface area contributed by atoms with Crippen molar-refractivity contribution < 1.29 is 17.9 Å². The van der Waals surface area contributed by atoms with E-state index in [1.807, 2.05) is 57.2 Å². The standard InChI is InChI=1S/C26H28N2O4S/c1-18-13-20(3)25(14-19(18)2)33(30,31)28-11-12-32-24-10-9-22(15-23(24)17-28)26(29)27-16-21-7-5-4-6-8-21/h4-10,13-15H,11-12,16-17H2,1-3H3,(H,27,29). The molecule has 0 unspecified atom stereocenters. The number of aryl methyl sites for hydroxylation is 3. The maximum absolute atomic E-state index is 13.5. The topological polar surface area (TPSA) is 75.7 Å². The van der Waals surface area contributed by atoms with E-state index in [0.29, 0.717) is 28.3 Å². The maximum atomic E-state index is 13.5. The molecule has 1 heterocycles. The number of nitrogens with one attached hydrogen (secondary N) is 1. The molecule has 1 amide bonds. The van der Waals surface area contributed by atoms with Crippen molar-refractivity contribution in [1.82, 2.24) is 9.62 Å². The molecule has 0 atom stereocenters. The predicted octanol–water partition coefficient (Wildman–Crippen LogP) is 4.13. The zero-order valence-corrected chi connectivity index (χ0v) is 19.9. The number of nitrogens with zero attached hydrogens (tertiary/aromatic N) is 1. The van der Waals surface area contributed by atoms with Gasteiger partial charge in [-0.3, -0.25) is 4.79 Å². The van der Waals surface area contributed by atoms with E-state index in [9.17, 15) is 13.2 Å². The second kappa shape index (κ2) is 9.37. The number of carbonyl (C=O) groups is 1. The van der Waals surface area contributed by atoms with Gasteiger partial charge in [-0.25, -0.2) is 8.42 Å². The Morgan fingerprint density at radius 3 is 2.45 bits per heavy atom. The fourth-order valence-corrected chi connectivity index (χ4v) is 5.64. The van der Waals surface area contributed by atoms with Crippen LogP contribution in [0.1, 0.15) is 38.2 Å². The molecule has 1 N–H and O–H groups in total. The van der Waals surface area contributed by atoms with Gasteiger partial charge in [-0.05, 0) is 67.3 Å². The number of amides is 1. The maximum Gasteiger partial charge on any atom is 0.251 e. The van der Waals surface area contributed by atoms with Gasteiger partial charge in [-0.2, -0.15) is 4.31 Å². The number of sulfonamides is 1. The van der Waals surface area contributed by atoms with Crippen molar-refractivity contribution >= 4 is 15.9 Å². The molecule has 0 aliphatic carbocycles. The molecule has 0 fully saturated rings. The van der Waals surface area contributed by atoms with Gasteiger partial charge in [0, 0.05) is 30.8 Å². The molecule has 0 bridgehead atoms. The largest absolute Gasteiger partial charge is 0.492 e. The van der Waals surface area contributed by atoms with Gasteiger partial charge in [0.1, 0.15) is 12.4 Å². The molecule has 0 saturated carbocycles. The van der Waals surface area contributed by atoms with E-state index < -0.39 is 10.0 Å². The summed E-state index contributed by atoms with van der Waals surface area (Å²) >= 11 is 0. The third-order valence-corrected chi connectivity index (χ3v) is 7.96. The van der Waals surface area contributed by atoms with Gasteiger partial charge in [0.05, 0.1) is 4.90 Å². The minimum atomic E-state index is -3.72. The average molecular weight is 465 g/mol. The Morgan fingerprint density at radius 2 is 1.70 bits per heavy atom. The first-order valence-electron chi connectivity index (χ1n) is 10.9. The molecule has 0 aromatic heterocycles. The molecule has 33 heavy (non-hydrogen) atoms. The van der Waals surface area contributed by atoms with Gasteiger partial charge in [0.25, 0.3) is 5.91 Å². The van der Waals surface area contributed by atoms with Crippen LogP contribution in [-0.2, 0) is 23.1 Å². The highest BCUT2D eigenvalue weighted by atomic mass is 32.2. The summed E-state index contributed by atoms with van der Waals surface area (Å²) in [5, 5.41) is 2.91. The van der Waals surface area contributed by atoms with Gasteiger partial charge in [-0.15, -0.1) is 0 Å². The van der Waals surface area contributed by atoms with Gasteiger partial charge in [0.15, 0.2) is 0 Å². The van der Waals surface area contributed by atoms with E-state index in [1.165, 1.54) is 4.31 Å². The smallest absolute Gasteiger partial charge is 0.251 e. The van der Waals surface area contributed by atoms with Crippen molar-refractivity contribution in [2.75, 3.05) is 13.2 Å². The van der Waals surface area contributed by atoms with Crippen LogP contribution in [0, 0.1) is 20.8 Å². The van der Waals surface area contributed by atoms with Crippen molar-refractivity contribution in [3.63, 3.8) is 0 Å². The molecule has 0 radical (unpaired) electrons. The molecule has 7 heteroatoms. The number of fused-ring (bicyclic) bond motifs is 1. The summed E-state index contributed by atoms with van der Waals surface area (Å²) in [5.41, 5.74) is 4.85. The van der Waals surface area contributed by atoms with Crippen LogP contribution in [0.5, 0.6) is 5.75 Å². The Hall–Kier alpha value is -3.16. The van der Waals surface area contributed by atoms with Crippen LogP contribution >= 0.6 is 0 Å². The van der Waals surface area contributed by atoms with Gasteiger partial charge in [-0.1, -0.05) is 36.4 Å². The van der Waals surface area contributed by atoms with Crippen LogP contribution in [0.2, 0.25) is 0 Å². The highest BCUT2D eigenvalue weighted by molar-refractivity contribution is 7.89. The van der Waals surface area contributed by atoms with E-state index in [2.05, 4.69) is 5.32 Å². The third-order valence-electron chi connectivity index (χ3n) is 5.97. The zero-order valence-electron chi connectivity index (χ0n) is 19.1. The fourth-order valence-electron chi connectivity index (χ4n) is 3.95. The van der Waals surface area contributed by atoms with Crippen LogP contribution in [-0.4, -0.2) is 31.8 Å². The Bertz CT molecular complexity index is 1290. The molecule has 0 spiro atoms. The van der Waals surface area contributed by atoms with E-state index in [0.717, 1.165) is 22.3 Å². The molecule has 1 aliphatic rings. The summed E-state index contributed by atoms with van der Waals surface area (Å²) in [7, 11) is -3.72. The molecule has 3 aromatic carbocycles. The minimum absolute atomic E-state index is 0.143. The number of carbonyl (C=O) groups excluding carboxylic acids is 1. The summed E-state index contributed by atoms with van der Waals surface area (Å²) in [6, 6.07) is 18.5. The second-order valence-corrected chi connectivity index (χ2v) is 10.3. The van der Waals surface area contributed by atoms with Gasteiger partial charge in [0.2, 0.25) is 10.0 Å². The van der Waals surface area contributed by atoms with Crippen LogP contribution < -0.4 is 10.1 Å². The summed E-state index contributed by atoms with van der Waals surface area (Å²) in [5.74, 6) is 0.384. The van der Waals surface area contributed by atoms with Crippen LogP contribution in [0.4, 0.5) is 0 Å². The van der Waals surface area contributed by atoms with Crippen molar-refractivity contribution in [1.29, 1.82) is 0 Å². The lowest BCUT2D eigenvalue weighted by molar-refractivity contribution is 0.0950. The molecule has 1 aliphatic heterocycles. The van der Waals surface area contributed by atoms with Crippen molar-refractivity contribution in [2.24, 2.45) is 0 Å². The number of ether oxygens (including phenoxy) is 1. The predicted molar refractivity (Wildman–Crippen MR) is 128 cm³/mol. The summed E-state index contributed by atoms with van der Waals surface area (Å²) < 4.78 is 34.2. The van der Waals surface area contributed by atoms with Crippen LogP contribution in [0.15, 0.2) is 65.6 Å². The van der Waals surface area contributed by atoms with Gasteiger partial charge >= 0.3 is 0 Å². The first-order chi connectivity index (χ1) is 15.8. The number of hydrogen-bond acceptors (Lipinski definition) is 4. The fraction of sp³-hybridized carbons (Fsp3) is 0.269. The molecular weight excluding hydrogens is 436 g/mol. The second-order valence-electron chi connectivity index (χ2n) is 8.38. The van der Waals surface area contributed by atoms with Crippen LogP contribution in [0.3, 0.4) is 0 Å². The van der Waals surface area contributed by atoms with E-state index in [4.69, 9.17) is 4.74 Å². The molecule has 172 valence electrons. The van der Waals surface area contributed by atoms with Gasteiger partial charge < -0.3 is 10.1 Å². The summed E-state index contributed by atoms with van der Waals surface area (Å²) in [6.07, 6.45) is 0. The number of hydrogen-bond donors (Lipinski definition) is 1. The third kappa shape index (κ3) is 4.94. The van der Waals surface area contributed by atoms with Crippen molar-refractivity contribution in [3.05, 3.63) is 94.0 Å². The molecular formula is C26H28N2O4S. The van der Waals surface area contributed by atoms with Crippen molar-refractivity contribution in [3.8, 4) is 5.75 Å². The molecule has 3 aromatic rings. The lowest BCUT2D eigenvalue weighted by Gasteiger charge is -2.21. The lowest BCUT2D eigenvalue weighted by Crippen LogP contribution is -2.33. The Balaban J connectivity index is 1.57. The highest BCUT2D eigenvalue weighted by Crippen LogP contribution is 2.29. The summed E-state index contributed by atoms with van der Waals surface area (Å²) in [4.78, 5) is 13.0. The number of benzene rings is 3. The average Bonchev–Trinajstić information content (AvgIpc) is 3.03. The number of rotatable bonds is 5. The lowest BCUT2D eigenvalue weighted by atomic mass is 10.1. The molecule has 4 rings (SSSR count). The summed E-state index contributed by atoms with van der Waals surface area (Å²) in [6.45, 7) is 6.74. The normalized spacial score (nSPS) is 14.2. The quantitative estimate of drug-likeness (QED) is 0.616. The molecule has 6 nitrogen and oxygen atoms in total.